The molecule has 1 aromatic carbocycles. The standard InChI is InChI=1S/C13H19FN2S/c1-10(15)13(16-6-8-17-9-7-16)11-4-2-3-5-12(11)14/h2-5,10,13H,6-9,15H2,1H3. The van der Waals surface area contributed by atoms with Gasteiger partial charge in [0.2, 0.25) is 0 Å². The third-order valence-electron chi connectivity index (χ3n) is 3.16. The Morgan fingerprint density at radius 3 is 2.53 bits per heavy atom. The smallest absolute Gasteiger partial charge is 0.128 e. The third kappa shape index (κ3) is 3.00. The largest absolute Gasteiger partial charge is 0.326 e. The Bertz CT molecular complexity index is 364. The molecule has 1 saturated heterocycles. The molecule has 2 unspecified atom stereocenters. The molecule has 1 aromatic rings. The van der Waals surface area contributed by atoms with Gasteiger partial charge in [0.1, 0.15) is 5.82 Å². The van der Waals surface area contributed by atoms with Crippen LogP contribution in [-0.4, -0.2) is 35.5 Å². The maximum Gasteiger partial charge on any atom is 0.128 e. The van der Waals surface area contributed by atoms with Crippen molar-refractivity contribution in [2.24, 2.45) is 5.73 Å². The highest BCUT2D eigenvalue weighted by Gasteiger charge is 2.27. The minimum Gasteiger partial charge on any atom is -0.326 e. The van der Waals surface area contributed by atoms with E-state index < -0.39 is 0 Å². The maximum atomic E-state index is 13.9. The molecular formula is C13H19FN2S. The summed E-state index contributed by atoms with van der Waals surface area (Å²) in [5, 5.41) is 0. The molecule has 2 atom stereocenters. The van der Waals surface area contributed by atoms with Crippen LogP contribution in [0.1, 0.15) is 18.5 Å². The van der Waals surface area contributed by atoms with Gasteiger partial charge in [-0.05, 0) is 13.0 Å². The van der Waals surface area contributed by atoms with Gasteiger partial charge in [0.15, 0.2) is 0 Å². The number of rotatable bonds is 3. The quantitative estimate of drug-likeness (QED) is 0.897. The lowest BCUT2D eigenvalue weighted by Crippen LogP contribution is -2.43. The maximum absolute atomic E-state index is 13.9. The number of nitrogens with two attached hydrogens (primary N) is 1. The zero-order valence-electron chi connectivity index (χ0n) is 10.1. The van der Waals surface area contributed by atoms with Crippen LogP contribution in [0.25, 0.3) is 0 Å². The number of thioether (sulfide) groups is 1. The Hall–Kier alpha value is -0.580. The summed E-state index contributed by atoms with van der Waals surface area (Å²) in [6, 6.07) is 6.91. The van der Waals surface area contributed by atoms with E-state index in [-0.39, 0.29) is 17.9 Å². The van der Waals surface area contributed by atoms with Crippen LogP contribution in [0.3, 0.4) is 0 Å². The molecule has 0 aliphatic carbocycles. The van der Waals surface area contributed by atoms with E-state index in [1.807, 2.05) is 30.8 Å². The molecule has 17 heavy (non-hydrogen) atoms. The number of hydrogen-bond donors (Lipinski definition) is 1. The van der Waals surface area contributed by atoms with E-state index in [1.165, 1.54) is 6.07 Å². The number of halogens is 1. The van der Waals surface area contributed by atoms with Crippen LogP contribution >= 0.6 is 11.8 Å². The number of nitrogens with zero attached hydrogens (tertiary/aromatic N) is 1. The first-order chi connectivity index (χ1) is 8.20. The summed E-state index contributed by atoms with van der Waals surface area (Å²) in [5.74, 6) is 2.07. The average molecular weight is 254 g/mol. The topological polar surface area (TPSA) is 29.3 Å². The minimum atomic E-state index is -0.145. The van der Waals surface area contributed by atoms with Gasteiger partial charge in [-0.15, -0.1) is 0 Å². The van der Waals surface area contributed by atoms with Gasteiger partial charge >= 0.3 is 0 Å². The van der Waals surface area contributed by atoms with E-state index >= 15 is 0 Å². The Morgan fingerprint density at radius 1 is 1.29 bits per heavy atom. The Balaban J connectivity index is 2.25. The average Bonchev–Trinajstić information content (AvgIpc) is 2.33. The van der Waals surface area contributed by atoms with Gasteiger partial charge in [0.05, 0.1) is 6.04 Å². The van der Waals surface area contributed by atoms with Gasteiger partial charge in [-0.2, -0.15) is 11.8 Å². The lowest BCUT2D eigenvalue weighted by Gasteiger charge is -2.37. The highest BCUT2D eigenvalue weighted by Crippen LogP contribution is 2.28. The fourth-order valence-electron chi connectivity index (χ4n) is 2.38. The zero-order chi connectivity index (χ0) is 12.3. The highest BCUT2D eigenvalue weighted by atomic mass is 32.2. The fourth-order valence-corrected chi connectivity index (χ4v) is 3.31. The summed E-state index contributed by atoms with van der Waals surface area (Å²) in [6.07, 6.45) is 0. The molecule has 2 rings (SSSR count). The summed E-state index contributed by atoms with van der Waals surface area (Å²) < 4.78 is 13.9. The van der Waals surface area contributed by atoms with Gasteiger partial charge in [-0.25, -0.2) is 4.39 Å². The van der Waals surface area contributed by atoms with Crippen LogP contribution in [0.4, 0.5) is 4.39 Å². The van der Waals surface area contributed by atoms with Gasteiger partial charge in [-0.1, -0.05) is 18.2 Å². The molecule has 0 radical (unpaired) electrons. The van der Waals surface area contributed by atoms with Crippen LogP contribution in [0.5, 0.6) is 0 Å². The summed E-state index contributed by atoms with van der Waals surface area (Å²) in [4.78, 5) is 2.31. The molecule has 2 nitrogen and oxygen atoms in total. The second-order valence-corrected chi connectivity index (χ2v) is 5.70. The van der Waals surface area contributed by atoms with E-state index in [1.54, 1.807) is 6.07 Å². The summed E-state index contributed by atoms with van der Waals surface area (Å²) >= 11 is 1.95. The van der Waals surface area contributed by atoms with Crippen molar-refractivity contribution < 1.29 is 4.39 Å². The van der Waals surface area contributed by atoms with Crippen LogP contribution in [-0.2, 0) is 0 Å². The van der Waals surface area contributed by atoms with Crippen molar-refractivity contribution in [3.05, 3.63) is 35.6 Å². The fraction of sp³-hybridized carbons (Fsp3) is 0.538. The van der Waals surface area contributed by atoms with Crippen molar-refractivity contribution in [2.45, 2.75) is 19.0 Å². The molecule has 0 saturated carbocycles. The molecule has 1 fully saturated rings. The molecule has 2 N–H and O–H groups in total. The second kappa shape index (κ2) is 5.85. The van der Waals surface area contributed by atoms with E-state index in [9.17, 15) is 4.39 Å². The van der Waals surface area contributed by atoms with Crippen molar-refractivity contribution in [2.75, 3.05) is 24.6 Å². The van der Waals surface area contributed by atoms with Crippen LogP contribution in [0, 0.1) is 5.82 Å². The molecule has 1 aliphatic rings. The molecule has 0 spiro atoms. The van der Waals surface area contributed by atoms with E-state index in [0.29, 0.717) is 0 Å². The molecule has 0 aromatic heterocycles. The molecular weight excluding hydrogens is 235 g/mol. The molecule has 0 amide bonds. The molecule has 1 heterocycles. The van der Waals surface area contributed by atoms with Crippen molar-refractivity contribution >= 4 is 11.8 Å². The first-order valence-corrected chi connectivity index (χ1v) is 7.17. The molecule has 4 heteroatoms. The predicted molar refractivity (Wildman–Crippen MR) is 71.7 cm³/mol. The molecule has 94 valence electrons. The lowest BCUT2D eigenvalue weighted by atomic mass is 9.98. The molecule has 0 bridgehead atoms. The Kier molecular flexibility index (Phi) is 4.42. The number of hydrogen-bond acceptors (Lipinski definition) is 3. The highest BCUT2D eigenvalue weighted by molar-refractivity contribution is 7.99. The van der Waals surface area contributed by atoms with E-state index in [4.69, 9.17) is 5.73 Å². The van der Waals surface area contributed by atoms with Crippen LogP contribution < -0.4 is 5.73 Å². The van der Waals surface area contributed by atoms with Crippen molar-refractivity contribution in [1.82, 2.24) is 4.90 Å². The van der Waals surface area contributed by atoms with Gasteiger partial charge in [0.25, 0.3) is 0 Å². The SMILES string of the molecule is CC(N)C(c1ccccc1F)N1CCSCC1. The van der Waals surface area contributed by atoms with Crippen LogP contribution in [0.2, 0.25) is 0 Å². The third-order valence-corrected chi connectivity index (χ3v) is 4.10. The van der Waals surface area contributed by atoms with Crippen molar-refractivity contribution in [1.29, 1.82) is 0 Å². The normalized spacial score (nSPS) is 21.1. The number of benzene rings is 1. The first-order valence-electron chi connectivity index (χ1n) is 6.02. The van der Waals surface area contributed by atoms with Gasteiger partial charge in [0, 0.05) is 36.2 Å². The Morgan fingerprint density at radius 2 is 1.94 bits per heavy atom. The van der Waals surface area contributed by atoms with Crippen LogP contribution in [0.15, 0.2) is 24.3 Å². The minimum absolute atomic E-state index is 0.00269. The monoisotopic (exact) mass is 254 g/mol. The van der Waals surface area contributed by atoms with Gasteiger partial charge in [-0.3, -0.25) is 4.90 Å². The van der Waals surface area contributed by atoms with E-state index in [0.717, 1.165) is 30.2 Å². The first kappa shape index (κ1) is 12.9. The van der Waals surface area contributed by atoms with Crippen molar-refractivity contribution in [3.63, 3.8) is 0 Å². The van der Waals surface area contributed by atoms with Crippen molar-refractivity contribution in [3.8, 4) is 0 Å². The second-order valence-electron chi connectivity index (χ2n) is 4.47. The molecule has 1 aliphatic heterocycles. The lowest BCUT2D eigenvalue weighted by molar-refractivity contribution is 0.190. The zero-order valence-corrected chi connectivity index (χ0v) is 10.9. The summed E-state index contributed by atoms with van der Waals surface area (Å²) in [6.45, 7) is 3.94. The Labute approximate surface area is 106 Å². The predicted octanol–water partition coefficient (Wildman–Crippen LogP) is 2.26. The summed E-state index contributed by atoms with van der Waals surface area (Å²) in [7, 11) is 0. The van der Waals surface area contributed by atoms with E-state index in [2.05, 4.69) is 4.90 Å². The van der Waals surface area contributed by atoms with Gasteiger partial charge < -0.3 is 5.73 Å². The summed E-state index contributed by atoms with van der Waals surface area (Å²) in [5.41, 5.74) is 6.78.